The van der Waals surface area contributed by atoms with Crippen molar-refractivity contribution in [1.82, 2.24) is 4.98 Å². The van der Waals surface area contributed by atoms with Gasteiger partial charge in [-0.3, -0.25) is 14.9 Å². The van der Waals surface area contributed by atoms with Crippen LogP contribution in [0, 0.1) is 0 Å². The van der Waals surface area contributed by atoms with Gasteiger partial charge in [-0.25, -0.2) is 26.1 Å². The van der Waals surface area contributed by atoms with Crippen molar-refractivity contribution < 1.29 is 26.4 Å². The molecule has 0 atom stereocenters. The number of thiazole rings is 1. The summed E-state index contributed by atoms with van der Waals surface area (Å²) in [6.07, 6.45) is 0.991. The highest BCUT2D eigenvalue weighted by atomic mass is 35.5. The molecule has 2 amide bonds. The Morgan fingerprint density at radius 1 is 1.23 bits per heavy atom. The second kappa shape index (κ2) is 7.55. The van der Waals surface area contributed by atoms with Crippen molar-refractivity contribution in [3.05, 3.63) is 47.0 Å². The zero-order chi connectivity index (χ0) is 22.6. The lowest BCUT2D eigenvalue weighted by atomic mass is 10.2. The van der Waals surface area contributed by atoms with Gasteiger partial charge in [0.25, 0.3) is 5.91 Å². The lowest BCUT2D eigenvalue weighted by molar-refractivity contribution is -0.116. The highest BCUT2D eigenvalue weighted by Crippen LogP contribution is 2.31. The van der Waals surface area contributed by atoms with Gasteiger partial charge in [-0.05, 0) is 36.4 Å². The van der Waals surface area contributed by atoms with Gasteiger partial charge in [0, 0.05) is 12.7 Å². The van der Waals surface area contributed by atoms with Gasteiger partial charge in [0.05, 0.1) is 37.1 Å². The number of sulfone groups is 1. The van der Waals surface area contributed by atoms with Crippen LogP contribution in [-0.2, 0) is 24.7 Å². The van der Waals surface area contributed by atoms with Gasteiger partial charge in [0.15, 0.2) is 15.0 Å². The van der Waals surface area contributed by atoms with Gasteiger partial charge in [0.1, 0.15) is 0 Å². The molecule has 0 unspecified atom stereocenters. The van der Waals surface area contributed by atoms with Crippen LogP contribution < -0.4 is 9.62 Å². The second-order valence-corrected chi connectivity index (χ2v) is 12.2. The number of anilines is 2. The van der Waals surface area contributed by atoms with Gasteiger partial charge in [-0.2, -0.15) is 0 Å². The molecule has 13 heteroatoms. The van der Waals surface area contributed by atoms with E-state index in [9.17, 15) is 26.4 Å². The normalized spacial score (nSPS) is 16.1. The molecule has 4 rings (SSSR count). The fourth-order valence-corrected chi connectivity index (χ4v) is 6.37. The standard InChI is InChI=1S/C18H14ClN3O6S3/c1-30(25,26)11-3-5-14-15(9-11)29-18(20-14)21-17(24)12-4-2-10(8-13(12)19)22-16(23)6-7-31(22,27)28/h2-5,8-9H,6-7H2,1H3,(H,20,21,24). The van der Waals surface area contributed by atoms with E-state index in [0.29, 0.717) is 14.5 Å². The van der Waals surface area contributed by atoms with Crippen LogP contribution in [0.5, 0.6) is 0 Å². The zero-order valence-electron chi connectivity index (χ0n) is 15.8. The number of sulfonamides is 1. The van der Waals surface area contributed by atoms with Crippen molar-refractivity contribution in [3.8, 4) is 0 Å². The molecule has 0 saturated carbocycles. The van der Waals surface area contributed by atoms with E-state index in [-0.39, 0.29) is 38.5 Å². The Kier molecular flexibility index (Phi) is 5.28. The van der Waals surface area contributed by atoms with Crippen LogP contribution in [0.3, 0.4) is 0 Å². The maximum atomic E-state index is 12.6. The van der Waals surface area contributed by atoms with Crippen LogP contribution in [0.25, 0.3) is 10.2 Å². The van der Waals surface area contributed by atoms with E-state index in [4.69, 9.17) is 11.6 Å². The van der Waals surface area contributed by atoms with E-state index in [1.165, 1.54) is 30.3 Å². The monoisotopic (exact) mass is 499 g/mol. The first-order valence-corrected chi connectivity index (χ1v) is 13.4. The Bertz CT molecular complexity index is 1460. The van der Waals surface area contributed by atoms with E-state index in [1.54, 1.807) is 6.07 Å². The molecule has 1 aliphatic heterocycles. The van der Waals surface area contributed by atoms with Gasteiger partial charge < -0.3 is 0 Å². The summed E-state index contributed by atoms with van der Waals surface area (Å²) >= 11 is 7.28. The van der Waals surface area contributed by atoms with Crippen LogP contribution >= 0.6 is 22.9 Å². The number of carbonyl (C=O) groups excluding carboxylic acids is 2. The second-order valence-electron chi connectivity index (χ2n) is 6.76. The predicted molar refractivity (Wildman–Crippen MR) is 118 cm³/mol. The topological polar surface area (TPSA) is 131 Å². The third kappa shape index (κ3) is 4.15. The first kappa shape index (κ1) is 21.7. The molecule has 0 radical (unpaired) electrons. The van der Waals surface area contributed by atoms with E-state index in [1.807, 2.05) is 0 Å². The molecule has 1 fully saturated rings. The molecule has 1 N–H and O–H groups in total. The summed E-state index contributed by atoms with van der Waals surface area (Å²) in [6, 6.07) is 8.36. The van der Waals surface area contributed by atoms with Gasteiger partial charge in [0.2, 0.25) is 15.9 Å². The maximum Gasteiger partial charge on any atom is 0.258 e. The molecule has 0 spiro atoms. The number of aromatic nitrogens is 1. The van der Waals surface area contributed by atoms with Crippen LogP contribution in [-0.4, -0.2) is 45.6 Å². The average Bonchev–Trinajstić information content (AvgIpc) is 3.19. The smallest absolute Gasteiger partial charge is 0.258 e. The summed E-state index contributed by atoms with van der Waals surface area (Å²) in [6.45, 7) is 0. The summed E-state index contributed by atoms with van der Waals surface area (Å²) in [7, 11) is -7.12. The Labute approximate surface area is 186 Å². The lowest BCUT2D eigenvalue weighted by Crippen LogP contribution is -2.29. The minimum Gasteiger partial charge on any atom is -0.298 e. The van der Waals surface area contributed by atoms with Gasteiger partial charge in [-0.1, -0.05) is 22.9 Å². The minimum atomic E-state index is -3.74. The average molecular weight is 500 g/mol. The van der Waals surface area contributed by atoms with Crippen molar-refractivity contribution >= 4 is 75.6 Å². The molecule has 0 aliphatic carbocycles. The predicted octanol–water partition coefficient (Wildman–Crippen LogP) is 2.67. The summed E-state index contributed by atoms with van der Waals surface area (Å²) in [5.41, 5.74) is 0.648. The summed E-state index contributed by atoms with van der Waals surface area (Å²) in [5.74, 6) is -1.42. The summed E-state index contributed by atoms with van der Waals surface area (Å²) in [5, 5.41) is 2.80. The van der Waals surface area contributed by atoms with Crippen molar-refractivity contribution in [1.29, 1.82) is 0 Å². The first-order valence-electron chi connectivity index (χ1n) is 8.73. The Hall–Kier alpha value is -2.54. The van der Waals surface area contributed by atoms with Gasteiger partial charge in [-0.15, -0.1) is 0 Å². The third-order valence-corrected chi connectivity index (χ3v) is 8.57. The molecule has 9 nitrogen and oxygen atoms in total. The third-order valence-electron chi connectivity index (χ3n) is 4.52. The molecule has 162 valence electrons. The first-order chi connectivity index (χ1) is 14.5. The number of nitrogens with zero attached hydrogens (tertiary/aromatic N) is 2. The highest BCUT2D eigenvalue weighted by Gasteiger charge is 2.36. The van der Waals surface area contributed by atoms with Crippen LogP contribution in [0.1, 0.15) is 16.8 Å². The van der Waals surface area contributed by atoms with Gasteiger partial charge >= 0.3 is 0 Å². The van der Waals surface area contributed by atoms with E-state index < -0.39 is 31.7 Å². The fraction of sp³-hybridized carbons (Fsp3) is 0.167. The molecular formula is C18H14ClN3O6S3. The fourth-order valence-electron chi connectivity index (χ4n) is 3.04. The minimum absolute atomic E-state index is 0.0367. The number of rotatable bonds is 4. The van der Waals surface area contributed by atoms with Crippen molar-refractivity contribution in [2.24, 2.45) is 0 Å². The summed E-state index contributed by atoms with van der Waals surface area (Å²) < 4.78 is 48.8. The van der Waals surface area contributed by atoms with Crippen molar-refractivity contribution in [2.45, 2.75) is 11.3 Å². The van der Waals surface area contributed by atoms with E-state index in [0.717, 1.165) is 17.6 Å². The number of hydrogen-bond donors (Lipinski definition) is 1. The number of benzene rings is 2. The number of halogens is 1. The summed E-state index contributed by atoms with van der Waals surface area (Å²) in [4.78, 5) is 29.0. The molecule has 1 aliphatic rings. The number of fused-ring (bicyclic) bond motifs is 1. The van der Waals surface area contributed by atoms with Crippen molar-refractivity contribution in [2.75, 3.05) is 21.6 Å². The van der Waals surface area contributed by atoms with E-state index >= 15 is 0 Å². The molecular weight excluding hydrogens is 486 g/mol. The van der Waals surface area contributed by atoms with Crippen LogP contribution in [0.2, 0.25) is 5.02 Å². The molecule has 31 heavy (non-hydrogen) atoms. The van der Waals surface area contributed by atoms with Crippen molar-refractivity contribution in [3.63, 3.8) is 0 Å². The largest absolute Gasteiger partial charge is 0.298 e. The number of nitrogens with one attached hydrogen (secondary N) is 1. The Balaban J connectivity index is 1.60. The Morgan fingerprint density at radius 3 is 2.58 bits per heavy atom. The van der Waals surface area contributed by atoms with E-state index in [2.05, 4.69) is 10.3 Å². The molecule has 2 aromatic carbocycles. The number of amides is 2. The quantitative estimate of drug-likeness (QED) is 0.583. The lowest BCUT2D eigenvalue weighted by Gasteiger charge is -2.16. The molecule has 3 aromatic rings. The SMILES string of the molecule is CS(=O)(=O)c1ccc2nc(NC(=O)c3ccc(N4C(=O)CCS4(=O)=O)cc3Cl)sc2c1. The molecule has 0 bridgehead atoms. The number of hydrogen-bond acceptors (Lipinski definition) is 8. The zero-order valence-corrected chi connectivity index (χ0v) is 19.0. The molecule has 1 saturated heterocycles. The Morgan fingerprint density at radius 2 is 1.97 bits per heavy atom. The molecule has 1 aromatic heterocycles. The maximum absolute atomic E-state index is 12.6. The van der Waals surface area contributed by atoms with Crippen LogP contribution in [0.4, 0.5) is 10.8 Å². The molecule has 2 heterocycles. The highest BCUT2D eigenvalue weighted by molar-refractivity contribution is 7.94. The number of carbonyl (C=O) groups is 2. The van der Waals surface area contributed by atoms with Crippen LogP contribution in [0.15, 0.2) is 41.3 Å².